The molecule has 122 valence electrons. The van der Waals surface area contributed by atoms with Crippen molar-refractivity contribution in [2.45, 2.75) is 31.8 Å². The molecule has 0 aliphatic carbocycles. The third-order valence-corrected chi connectivity index (χ3v) is 4.34. The lowest BCUT2D eigenvalue weighted by atomic mass is 10.0. The van der Waals surface area contributed by atoms with Crippen molar-refractivity contribution in [2.75, 3.05) is 20.2 Å². The van der Waals surface area contributed by atoms with Gasteiger partial charge in [-0.05, 0) is 17.5 Å². The molecule has 1 saturated heterocycles. The number of hydrogen-bond donors (Lipinski definition) is 1. The Balaban J connectivity index is 1.75. The second kappa shape index (κ2) is 6.45. The van der Waals surface area contributed by atoms with Gasteiger partial charge >= 0.3 is 0 Å². The third-order valence-electron chi connectivity index (χ3n) is 4.34. The molecule has 1 aliphatic heterocycles. The van der Waals surface area contributed by atoms with E-state index in [4.69, 9.17) is 4.74 Å². The number of H-pyrrole nitrogens is 1. The molecular weight excluding hydrogens is 294 g/mol. The predicted molar refractivity (Wildman–Crippen MR) is 84.2 cm³/mol. The highest BCUT2D eigenvalue weighted by Gasteiger charge is 2.38. The van der Waals surface area contributed by atoms with Gasteiger partial charge in [-0.2, -0.15) is 15.4 Å². The van der Waals surface area contributed by atoms with Gasteiger partial charge in [-0.1, -0.05) is 19.9 Å². The van der Waals surface area contributed by atoms with E-state index in [-0.39, 0.29) is 17.9 Å². The number of rotatable bonds is 4. The van der Waals surface area contributed by atoms with E-state index < -0.39 is 0 Å². The monoisotopic (exact) mass is 315 g/mol. The number of pyridine rings is 1. The van der Waals surface area contributed by atoms with Gasteiger partial charge in [0.05, 0.1) is 23.9 Å². The first-order chi connectivity index (χ1) is 11.1. The fourth-order valence-corrected chi connectivity index (χ4v) is 2.89. The first-order valence-corrected chi connectivity index (χ1v) is 7.73. The number of hydrogen-bond acceptors (Lipinski definition) is 5. The zero-order valence-corrected chi connectivity index (χ0v) is 13.6. The molecule has 1 amide bonds. The quantitative estimate of drug-likeness (QED) is 0.926. The summed E-state index contributed by atoms with van der Waals surface area (Å²) in [6.45, 7) is 5.29. The van der Waals surface area contributed by atoms with Gasteiger partial charge in [-0.25, -0.2) is 0 Å². The summed E-state index contributed by atoms with van der Waals surface area (Å²) in [5, 5.41) is 10.6. The SMILES string of the molecule is CO[C@@H]1CN(C(=O)c2ccc(C(C)C)cn2)C[C@H]1c1cn[nH]n1. The Morgan fingerprint density at radius 2 is 2.17 bits per heavy atom. The van der Waals surface area contributed by atoms with Gasteiger partial charge < -0.3 is 9.64 Å². The maximum atomic E-state index is 12.7. The van der Waals surface area contributed by atoms with E-state index in [1.54, 1.807) is 30.5 Å². The van der Waals surface area contributed by atoms with Gasteiger partial charge in [-0.3, -0.25) is 9.78 Å². The van der Waals surface area contributed by atoms with Crippen molar-refractivity contribution < 1.29 is 9.53 Å². The summed E-state index contributed by atoms with van der Waals surface area (Å²) in [6, 6.07) is 3.76. The Bertz CT molecular complexity index is 654. The summed E-state index contributed by atoms with van der Waals surface area (Å²) >= 11 is 0. The highest BCUT2D eigenvalue weighted by molar-refractivity contribution is 5.92. The summed E-state index contributed by atoms with van der Waals surface area (Å²) in [5.41, 5.74) is 2.40. The maximum Gasteiger partial charge on any atom is 0.272 e. The molecule has 3 heterocycles. The van der Waals surface area contributed by atoms with Crippen LogP contribution in [0.3, 0.4) is 0 Å². The van der Waals surface area contributed by atoms with Crippen LogP contribution in [-0.2, 0) is 4.74 Å². The molecule has 0 unspecified atom stereocenters. The van der Waals surface area contributed by atoms with Crippen LogP contribution in [0.25, 0.3) is 0 Å². The van der Waals surface area contributed by atoms with Crippen molar-refractivity contribution in [3.63, 3.8) is 0 Å². The minimum absolute atomic E-state index is 0.0256. The number of nitrogens with one attached hydrogen (secondary N) is 1. The van der Waals surface area contributed by atoms with E-state index in [1.165, 1.54) is 0 Å². The summed E-state index contributed by atoms with van der Waals surface area (Å²) < 4.78 is 5.52. The van der Waals surface area contributed by atoms with E-state index in [1.807, 2.05) is 6.07 Å². The molecule has 0 aromatic carbocycles. The van der Waals surface area contributed by atoms with Crippen LogP contribution in [0.15, 0.2) is 24.5 Å². The fraction of sp³-hybridized carbons (Fsp3) is 0.500. The van der Waals surface area contributed by atoms with Gasteiger partial charge in [0.25, 0.3) is 5.91 Å². The molecule has 1 N–H and O–H groups in total. The van der Waals surface area contributed by atoms with Gasteiger partial charge in [0.15, 0.2) is 0 Å². The third kappa shape index (κ3) is 3.10. The van der Waals surface area contributed by atoms with Crippen LogP contribution >= 0.6 is 0 Å². The Hall–Kier alpha value is -2.28. The standard InChI is InChI=1S/C16H21N5O2/c1-10(2)11-4-5-13(17-6-11)16(22)21-8-12(15(9-21)23-3)14-7-18-20-19-14/h4-7,10,12,15H,8-9H2,1-3H3,(H,18,19,20)/t12-,15+/m0/s1. The van der Waals surface area contributed by atoms with E-state index in [0.29, 0.717) is 24.7 Å². The van der Waals surface area contributed by atoms with Crippen molar-refractivity contribution in [2.24, 2.45) is 0 Å². The number of likely N-dealkylation sites (tertiary alicyclic amines) is 1. The Morgan fingerprint density at radius 3 is 2.74 bits per heavy atom. The first-order valence-electron chi connectivity index (χ1n) is 7.73. The molecule has 0 saturated carbocycles. The van der Waals surface area contributed by atoms with E-state index in [0.717, 1.165) is 11.3 Å². The molecule has 2 aromatic heterocycles. The molecular formula is C16H21N5O2. The van der Waals surface area contributed by atoms with E-state index >= 15 is 0 Å². The topological polar surface area (TPSA) is 84.0 Å². The summed E-state index contributed by atoms with van der Waals surface area (Å²) in [5.74, 6) is 0.346. The molecule has 1 fully saturated rings. The average Bonchev–Trinajstić information content (AvgIpc) is 3.23. The van der Waals surface area contributed by atoms with Crippen LogP contribution in [-0.4, -0.2) is 57.5 Å². The van der Waals surface area contributed by atoms with Crippen molar-refractivity contribution in [3.05, 3.63) is 41.5 Å². The molecule has 0 bridgehead atoms. The largest absolute Gasteiger partial charge is 0.379 e. The van der Waals surface area contributed by atoms with Crippen LogP contribution in [0.5, 0.6) is 0 Å². The molecule has 2 atom stereocenters. The van der Waals surface area contributed by atoms with Crippen molar-refractivity contribution >= 4 is 5.91 Å². The van der Waals surface area contributed by atoms with Crippen molar-refractivity contribution in [3.8, 4) is 0 Å². The lowest BCUT2D eigenvalue weighted by Crippen LogP contribution is -2.30. The summed E-state index contributed by atoms with van der Waals surface area (Å²) in [7, 11) is 1.65. The predicted octanol–water partition coefficient (Wildman–Crippen LogP) is 1.58. The summed E-state index contributed by atoms with van der Waals surface area (Å²) in [6.07, 6.45) is 3.37. The van der Waals surface area contributed by atoms with Crippen LogP contribution in [0, 0.1) is 0 Å². The van der Waals surface area contributed by atoms with Gasteiger partial charge in [-0.15, -0.1) is 0 Å². The minimum atomic E-state index is -0.0843. The molecule has 7 heteroatoms. The zero-order chi connectivity index (χ0) is 16.4. The number of methoxy groups -OCH3 is 1. The average molecular weight is 315 g/mol. The molecule has 0 radical (unpaired) electrons. The molecule has 23 heavy (non-hydrogen) atoms. The Labute approximate surface area is 135 Å². The normalized spacial score (nSPS) is 21.1. The number of nitrogens with zero attached hydrogens (tertiary/aromatic N) is 4. The fourth-order valence-electron chi connectivity index (χ4n) is 2.89. The minimum Gasteiger partial charge on any atom is -0.379 e. The maximum absolute atomic E-state index is 12.7. The zero-order valence-electron chi connectivity index (χ0n) is 13.6. The number of aromatic nitrogens is 4. The number of carbonyl (C=O) groups excluding carboxylic acids is 1. The van der Waals surface area contributed by atoms with Crippen molar-refractivity contribution in [1.82, 2.24) is 25.3 Å². The van der Waals surface area contributed by atoms with Crippen LogP contribution in [0.2, 0.25) is 0 Å². The lowest BCUT2D eigenvalue weighted by Gasteiger charge is -2.15. The molecule has 7 nitrogen and oxygen atoms in total. The smallest absolute Gasteiger partial charge is 0.272 e. The Kier molecular flexibility index (Phi) is 4.38. The molecule has 2 aromatic rings. The number of aromatic amines is 1. The first kappa shape index (κ1) is 15.6. The number of ether oxygens (including phenoxy) is 1. The second-order valence-electron chi connectivity index (χ2n) is 6.12. The highest BCUT2D eigenvalue weighted by atomic mass is 16.5. The van der Waals surface area contributed by atoms with Crippen LogP contribution in [0.1, 0.15) is 47.4 Å². The lowest BCUT2D eigenvalue weighted by molar-refractivity contribution is 0.0709. The molecule has 0 spiro atoms. The molecule has 1 aliphatic rings. The van der Waals surface area contributed by atoms with Crippen LogP contribution in [0.4, 0.5) is 0 Å². The van der Waals surface area contributed by atoms with Gasteiger partial charge in [0.1, 0.15) is 5.69 Å². The molecule has 3 rings (SSSR count). The van der Waals surface area contributed by atoms with E-state index in [2.05, 4.69) is 34.2 Å². The van der Waals surface area contributed by atoms with E-state index in [9.17, 15) is 4.79 Å². The number of carbonyl (C=O) groups is 1. The Morgan fingerprint density at radius 1 is 1.35 bits per heavy atom. The van der Waals surface area contributed by atoms with Gasteiger partial charge in [0.2, 0.25) is 0 Å². The summed E-state index contributed by atoms with van der Waals surface area (Å²) in [4.78, 5) is 18.8. The highest BCUT2D eigenvalue weighted by Crippen LogP contribution is 2.28. The number of amides is 1. The van der Waals surface area contributed by atoms with Gasteiger partial charge in [0, 0.05) is 26.4 Å². The second-order valence-corrected chi connectivity index (χ2v) is 6.12. The van der Waals surface area contributed by atoms with Crippen molar-refractivity contribution in [1.29, 1.82) is 0 Å². The van der Waals surface area contributed by atoms with Crippen LogP contribution < -0.4 is 0 Å².